The first-order valence-electron chi connectivity index (χ1n) is 11.3. The molecule has 0 saturated carbocycles. The molecule has 1 N–H and O–H groups in total. The number of benzene rings is 2. The molecule has 1 aliphatic carbocycles. The second-order valence-corrected chi connectivity index (χ2v) is 8.28. The minimum absolute atomic E-state index is 0.0348. The lowest BCUT2D eigenvalue weighted by molar-refractivity contribution is 0.104. The van der Waals surface area contributed by atoms with Crippen LogP contribution in [0.15, 0.2) is 39.6 Å². The lowest BCUT2D eigenvalue weighted by atomic mass is 9.88. The number of carbonyl (C=O) groups is 1. The minimum atomic E-state index is -0.434. The maximum absolute atomic E-state index is 13.3. The van der Waals surface area contributed by atoms with E-state index in [9.17, 15) is 14.7 Å². The molecule has 0 fully saturated rings. The molecular weight excluding hydrogens is 420 g/mol. The highest BCUT2D eigenvalue weighted by atomic mass is 16.5. The standard InChI is InChI=1S/C27H28O6/c1-4-7-17-14-22-20-8-5-6-9-21(20)27(30)33-26(22)24(25(17)29)23(28)11-10-16-12-18(31-2)15-19(13-16)32-3/h10-15,29H,4-9H2,1-3H3. The number of phenolic OH excluding ortho intramolecular Hbond substituents is 1. The summed E-state index contributed by atoms with van der Waals surface area (Å²) < 4.78 is 16.2. The van der Waals surface area contributed by atoms with Gasteiger partial charge in [0.2, 0.25) is 0 Å². The molecular formula is C27H28O6. The molecule has 0 radical (unpaired) electrons. The third-order valence-corrected chi connectivity index (χ3v) is 6.13. The molecule has 1 heterocycles. The Balaban J connectivity index is 1.86. The zero-order chi connectivity index (χ0) is 23.5. The van der Waals surface area contributed by atoms with E-state index in [-0.39, 0.29) is 16.9 Å². The molecule has 6 nitrogen and oxygen atoms in total. The third kappa shape index (κ3) is 4.38. The van der Waals surface area contributed by atoms with Gasteiger partial charge in [-0.05, 0) is 73.1 Å². The zero-order valence-corrected chi connectivity index (χ0v) is 19.2. The van der Waals surface area contributed by atoms with Crippen molar-refractivity contribution < 1.29 is 23.8 Å². The van der Waals surface area contributed by atoms with Crippen LogP contribution in [0, 0.1) is 0 Å². The highest BCUT2D eigenvalue weighted by molar-refractivity contribution is 6.16. The highest BCUT2D eigenvalue weighted by Crippen LogP contribution is 2.36. The zero-order valence-electron chi connectivity index (χ0n) is 19.2. The van der Waals surface area contributed by atoms with E-state index in [1.54, 1.807) is 38.5 Å². The van der Waals surface area contributed by atoms with Gasteiger partial charge in [-0.25, -0.2) is 4.79 Å². The van der Waals surface area contributed by atoms with E-state index in [4.69, 9.17) is 13.9 Å². The average molecular weight is 449 g/mol. The van der Waals surface area contributed by atoms with Crippen molar-refractivity contribution in [1.82, 2.24) is 0 Å². The molecule has 1 aliphatic rings. The van der Waals surface area contributed by atoms with Gasteiger partial charge in [-0.1, -0.05) is 19.4 Å². The van der Waals surface area contributed by atoms with Gasteiger partial charge in [0, 0.05) is 17.0 Å². The van der Waals surface area contributed by atoms with Gasteiger partial charge >= 0.3 is 5.63 Å². The van der Waals surface area contributed by atoms with Crippen LogP contribution in [0.4, 0.5) is 0 Å². The van der Waals surface area contributed by atoms with Crippen molar-refractivity contribution >= 4 is 22.8 Å². The van der Waals surface area contributed by atoms with Crippen LogP contribution < -0.4 is 15.1 Å². The summed E-state index contributed by atoms with van der Waals surface area (Å²) in [5, 5.41) is 11.7. The summed E-state index contributed by atoms with van der Waals surface area (Å²) in [7, 11) is 3.11. The van der Waals surface area contributed by atoms with E-state index in [0.29, 0.717) is 41.0 Å². The lowest BCUT2D eigenvalue weighted by Gasteiger charge is -2.18. The lowest BCUT2D eigenvalue weighted by Crippen LogP contribution is -2.17. The molecule has 0 atom stereocenters. The van der Waals surface area contributed by atoms with Crippen molar-refractivity contribution in [3.05, 3.63) is 68.6 Å². The Bertz CT molecular complexity index is 1280. The summed E-state index contributed by atoms with van der Waals surface area (Å²) in [6, 6.07) is 7.17. The van der Waals surface area contributed by atoms with Gasteiger partial charge in [0.15, 0.2) is 11.4 Å². The van der Waals surface area contributed by atoms with E-state index < -0.39 is 11.4 Å². The predicted octanol–water partition coefficient (Wildman–Crippen LogP) is 5.24. The molecule has 4 rings (SSSR count). The van der Waals surface area contributed by atoms with Gasteiger partial charge in [0.1, 0.15) is 22.8 Å². The second kappa shape index (κ2) is 9.53. The van der Waals surface area contributed by atoms with Crippen molar-refractivity contribution in [3.63, 3.8) is 0 Å². The fourth-order valence-electron chi connectivity index (χ4n) is 4.49. The van der Waals surface area contributed by atoms with E-state index in [2.05, 4.69) is 0 Å². The molecule has 33 heavy (non-hydrogen) atoms. The van der Waals surface area contributed by atoms with Crippen LogP contribution >= 0.6 is 0 Å². The van der Waals surface area contributed by atoms with Gasteiger partial charge in [0.05, 0.1) is 14.2 Å². The van der Waals surface area contributed by atoms with E-state index >= 15 is 0 Å². The minimum Gasteiger partial charge on any atom is -0.507 e. The van der Waals surface area contributed by atoms with Crippen LogP contribution in [0.25, 0.3) is 17.0 Å². The number of rotatable bonds is 7. The number of methoxy groups -OCH3 is 2. The summed E-state index contributed by atoms with van der Waals surface area (Å²) in [6.07, 6.45) is 7.80. The molecule has 0 spiro atoms. The maximum atomic E-state index is 13.3. The number of carbonyl (C=O) groups excluding carboxylic acids is 1. The number of allylic oxidation sites excluding steroid dienone is 1. The predicted molar refractivity (Wildman–Crippen MR) is 128 cm³/mol. The molecule has 0 unspecified atom stereocenters. The van der Waals surface area contributed by atoms with Crippen LogP contribution in [0.2, 0.25) is 0 Å². The number of hydrogen-bond acceptors (Lipinski definition) is 6. The van der Waals surface area contributed by atoms with Crippen LogP contribution in [0.5, 0.6) is 17.2 Å². The number of phenols is 1. The number of aryl methyl sites for hydroxylation is 2. The Morgan fingerprint density at radius 1 is 1.06 bits per heavy atom. The molecule has 0 saturated heterocycles. The van der Waals surface area contributed by atoms with Crippen molar-refractivity contribution in [3.8, 4) is 17.2 Å². The third-order valence-electron chi connectivity index (χ3n) is 6.13. The maximum Gasteiger partial charge on any atom is 0.339 e. The molecule has 0 bridgehead atoms. The molecule has 172 valence electrons. The van der Waals surface area contributed by atoms with Crippen molar-refractivity contribution in [2.24, 2.45) is 0 Å². The summed E-state index contributed by atoms with van der Waals surface area (Å²) in [5.41, 5.74) is 2.80. The normalized spacial score (nSPS) is 13.3. The Hall–Kier alpha value is -3.54. The van der Waals surface area contributed by atoms with Crippen LogP contribution in [-0.4, -0.2) is 25.1 Å². The van der Waals surface area contributed by atoms with Gasteiger partial charge in [0.25, 0.3) is 0 Å². The quantitative estimate of drug-likeness (QED) is 0.302. The fourth-order valence-corrected chi connectivity index (χ4v) is 4.49. The summed E-state index contributed by atoms with van der Waals surface area (Å²) in [6.45, 7) is 2.02. The van der Waals surface area contributed by atoms with Gasteiger partial charge < -0.3 is 19.0 Å². The molecule has 6 heteroatoms. The molecule has 0 aliphatic heterocycles. The Labute approximate surface area is 192 Å². The Kier molecular flexibility index (Phi) is 6.54. The first-order chi connectivity index (χ1) is 16.0. The van der Waals surface area contributed by atoms with Crippen molar-refractivity contribution in [1.29, 1.82) is 0 Å². The van der Waals surface area contributed by atoms with E-state index in [0.717, 1.165) is 36.6 Å². The highest BCUT2D eigenvalue weighted by Gasteiger charge is 2.25. The molecule has 1 aromatic heterocycles. The monoisotopic (exact) mass is 448 g/mol. The second-order valence-electron chi connectivity index (χ2n) is 8.28. The van der Waals surface area contributed by atoms with Crippen LogP contribution in [0.1, 0.15) is 58.8 Å². The van der Waals surface area contributed by atoms with Gasteiger partial charge in [-0.15, -0.1) is 0 Å². The molecule has 2 aromatic carbocycles. The SMILES string of the molecule is CCCc1cc2c3c(c(=O)oc2c(C(=O)C=Cc2cc(OC)cc(OC)c2)c1O)CCCC3. The summed E-state index contributed by atoms with van der Waals surface area (Å²) in [5.74, 6) is 0.631. The van der Waals surface area contributed by atoms with E-state index in [1.165, 1.54) is 6.08 Å². The number of fused-ring (bicyclic) bond motifs is 3. The Morgan fingerprint density at radius 3 is 2.36 bits per heavy atom. The summed E-state index contributed by atoms with van der Waals surface area (Å²) in [4.78, 5) is 26.0. The van der Waals surface area contributed by atoms with Gasteiger partial charge in [-0.2, -0.15) is 0 Å². The van der Waals surface area contributed by atoms with Gasteiger partial charge in [-0.3, -0.25) is 4.79 Å². The Morgan fingerprint density at radius 2 is 1.73 bits per heavy atom. The molecule has 0 amide bonds. The topological polar surface area (TPSA) is 86.0 Å². The smallest absolute Gasteiger partial charge is 0.339 e. The number of aromatic hydroxyl groups is 1. The molecule has 3 aromatic rings. The van der Waals surface area contributed by atoms with E-state index in [1.807, 2.05) is 13.0 Å². The number of ether oxygens (including phenoxy) is 2. The fraction of sp³-hybridized carbons (Fsp3) is 0.333. The first kappa shape index (κ1) is 22.6. The van der Waals surface area contributed by atoms with Crippen LogP contribution in [-0.2, 0) is 19.3 Å². The average Bonchev–Trinajstić information content (AvgIpc) is 2.83. The summed E-state index contributed by atoms with van der Waals surface area (Å²) >= 11 is 0. The van der Waals surface area contributed by atoms with Crippen molar-refractivity contribution in [2.45, 2.75) is 45.4 Å². The van der Waals surface area contributed by atoms with Crippen molar-refractivity contribution in [2.75, 3.05) is 14.2 Å². The van der Waals surface area contributed by atoms with Crippen LogP contribution in [0.3, 0.4) is 0 Å². The largest absolute Gasteiger partial charge is 0.507 e. The number of ketones is 1. The number of hydrogen-bond donors (Lipinski definition) is 1. The first-order valence-corrected chi connectivity index (χ1v) is 11.3.